The van der Waals surface area contributed by atoms with Crippen molar-refractivity contribution in [3.05, 3.63) is 0 Å². The first-order chi connectivity index (χ1) is 5.75. The van der Waals surface area contributed by atoms with Gasteiger partial charge >= 0.3 is 0 Å². The summed E-state index contributed by atoms with van der Waals surface area (Å²) >= 11 is 1.93. The van der Waals surface area contributed by atoms with Crippen molar-refractivity contribution in [3.63, 3.8) is 0 Å². The van der Waals surface area contributed by atoms with Gasteiger partial charge in [0.25, 0.3) is 0 Å². The molecule has 0 amide bonds. The van der Waals surface area contributed by atoms with Crippen molar-refractivity contribution in [1.29, 1.82) is 0 Å². The zero-order valence-corrected chi connectivity index (χ0v) is 8.52. The fourth-order valence-corrected chi connectivity index (χ4v) is 2.86. The molecule has 0 aromatic rings. The van der Waals surface area contributed by atoms with Crippen molar-refractivity contribution >= 4 is 18.0 Å². The monoisotopic (exact) mass is 188 g/mol. The zero-order valence-electron chi connectivity index (χ0n) is 7.71. The second-order valence-corrected chi connectivity index (χ2v) is 4.57. The van der Waals surface area contributed by atoms with E-state index in [9.17, 15) is 4.79 Å². The Hall–Kier alpha value is -0.0200. The molecule has 0 aliphatic carbocycles. The number of carbonyl (C=O) groups excluding carboxylic acids is 1. The average molecular weight is 188 g/mol. The van der Waals surface area contributed by atoms with E-state index < -0.39 is 0 Å². The van der Waals surface area contributed by atoms with Crippen LogP contribution in [0.2, 0.25) is 0 Å². The molecule has 0 aromatic carbocycles. The number of carbonyl (C=O) groups is 1. The Morgan fingerprint density at radius 3 is 2.50 bits per heavy atom. The summed E-state index contributed by atoms with van der Waals surface area (Å²) in [7, 11) is 1.68. The molecule has 1 heterocycles. The van der Waals surface area contributed by atoms with Crippen LogP contribution in [0.4, 0.5) is 0 Å². The van der Waals surface area contributed by atoms with Gasteiger partial charge in [0.05, 0.1) is 11.5 Å². The maximum atomic E-state index is 11.0. The van der Waals surface area contributed by atoms with E-state index in [1.165, 1.54) is 0 Å². The van der Waals surface area contributed by atoms with Gasteiger partial charge < -0.3 is 9.53 Å². The van der Waals surface area contributed by atoms with Crippen molar-refractivity contribution in [2.24, 2.45) is 5.41 Å². The predicted octanol–water partition coefficient (Wildman–Crippen LogP) is 1.73. The van der Waals surface area contributed by atoms with E-state index in [2.05, 4.69) is 0 Å². The number of thioether (sulfide) groups is 1. The number of methoxy groups -OCH3 is 1. The van der Waals surface area contributed by atoms with Crippen LogP contribution < -0.4 is 0 Å². The SMILES string of the molecule is COC(C)C1(C=O)CCSCC1. The van der Waals surface area contributed by atoms with Crippen molar-refractivity contribution in [2.45, 2.75) is 25.9 Å². The Morgan fingerprint density at radius 1 is 1.50 bits per heavy atom. The van der Waals surface area contributed by atoms with E-state index in [0.717, 1.165) is 30.6 Å². The van der Waals surface area contributed by atoms with E-state index >= 15 is 0 Å². The summed E-state index contributed by atoms with van der Waals surface area (Å²) in [6, 6.07) is 0. The van der Waals surface area contributed by atoms with Gasteiger partial charge in [-0.1, -0.05) is 0 Å². The van der Waals surface area contributed by atoms with Gasteiger partial charge in [-0.05, 0) is 31.3 Å². The maximum Gasteiger partial charge on any atom is 0.128 e. The third-order valence-corrected chi connectivity index (χ3v) is 3.81. The van der Waals surface area contributed by atoms with Crippen molar-refractivity contribution < 1.29 is 9.53 Å². The molecule has 3 heteroatoms. The molecule has 0 spiro atoms. The smallest absolute Gasteiger partial charge is 0.128 e. The van der Waals surface area contributed by atoms with E-state index in [4.69, 9.17) is 4.74 Å². The van der Waals surface area contributed by atoms with Crippen LogP contribution in [-0.2, 0) is 9.53 Å². The minimum atomic E-state index is -0.194. The summed E-state index contributed by atoms with van der Waals surface area (Å²) in [5.74, 6) is 2.18. The van der Waals surface area contributed by atoms with Gasteiger partial charge in [-0.15, -0.1) is 0 Å². The molecule has 1 aliphatic rings. The minimum Gasteiger partial charge on any atom is -0.381 e. The highest BCUT2D eigenvalue weighted by molar-refractivity contribution is 7.99. The van der Waals surface area contributed by atoms with Gasteiger partial charge in [-0.25, -0.2) is 0 Å². The Bertz CT molecular complexity index is 153. The van der Waals surface area contributed by atoms with Gasteiger partial charge in [0.1, 0.15) is 6.29 Å². The topological polar surface area (TPSA) is 26.3 Å². The maximum absolute atomic E-state index is 11.0. The molecule has 1 unspecified atom stereocenters. The molecule has 1 fully saturated rings. The molecular weight excluding hydrogens is 172 g/mol. The average Bonchev–Trinajstić information content (AvgIpc) is 2.17. The first-order valence-electron chi connectivity index (χ1n) is 4.32. The molecule has 0 N–H and O–H groups in total. The second kappa shape index (κ2) is 4.28. The minimum absolute atomic E-state index is 0.0656. The van der Waals surface area contributed by atoms with Gasteiger partial charge in [-0.3, -0.25) is 0 Å². The highest BCUT2D eigenvalue weighted by atomic mass is 32.2. The molecule has 1 atom stereocenters. The Morgan fingerprint density at radius 2 is 2.08 bits per heavy atom. The van der Waals surface area contributed by atoms with E-state index in [1.54, 1.807) is 7.11 Å². The molecule has 0 bridgehead atoms. The first-order valence-corrected chi connectivity index (χ1v) is 5.47. The molecular formula is C9H16O2S. The Kier molecular flexibility index (Phi) is 3.59. The van der Waals surface area contributed by atoms with E-state index in [-0.39, 0.29) is 11.5 Å². The van der Waals surface area contributed by atoms with Crippen molar-refractivity contribution in [3.8, 4) is 0 Å². The van der Waals surface area contributed by atoms with E-state index in [0.29, 0.717) is 0 Å². The summed E-state index contributed by atoms with van der Waals surface area (Å²) in [6.45, 7) is 1.99. The largest absolute Gasteiger partial charge is 0.381 e. The second-order valence-electron chi connectivity index (χ2n) is 3.34. The molecule has 0 aromatic heterocycles. The van der Waals surface area contributed by atoms with Gasteiger partial charge in [-0.2, -0.15) is 11.8 Å². The lowest BCUT2D eigenvalue weighted by Gasteiger charge is -2.36. The molecule has 70 valence electrons. The third kappa shape index (κ3) is 1.83. The normalized spacial score (nSPS) is 24.8. The van der Waals surface area contributed by atoms with Gasteiger partial charge in [0.2, 0.25) is 0 Å². The molecule has 2 nitrogen and oxygen atoms in total. The van der Waals surface area contributed by atoms with Crippen molar-refractivity contribution in [2.75, 3.05) is 18.6 Å². The van der Waals surface area contributed by atoms with Crippen LogP contribution in [0, 0.1) is 5.41 Å². The summed E-state index contributed by atoms with van der Waals surface area (Å²) in [5.41, 5.74) is -0.194. The summed E-state index contributed by atoms with van der Waals surface area (Å²) < 4.78 is 5.24. The summed E-state index contributed by atoms with van der Waals surface area (Å²) in [6.07, 6.45) is 3.10. The quantitative estimate of drug-likeness (QED) is 0.631. The molecule has 0 radical (unpaired) electrons. The van der Waals surface area contributed by atoms with Crippen LogP contribution in [0.25, 0.3) is 0 Å². The number of hydrogen-bond acceptors (Lipinski definition) is 3. The van der Waals surface area contributed by atoms with Crippen LogP contribution in [0.5, 0.6) is 0 Å². The number of hydrogen-bond donors (Lipinski definition) is 0. The Balaban J connectivity index is 2.65. The zero-order chi connectivity index (χ0) is 9.03. The van der Waals surface area contributed by atoms with Crippen LogP contribution >= 0.6 is 11.8 Å². The van der Waals surface area contributed by atoms with Crippen molar-refractivity contribution in [1.82, 2.24) is 0 Å². The summed E-state index contributed by atoms with van der Waals surface area (Å²) in [4.78, 5) is 11.0. The first kappa shape index (κ1) is 10.1. The van der Waals surface area contributed by atoms with Gasteiger partial charge in [0.15, 0.2) is 0 Å². The van der Waals surface area contributed by atoms with Gasteiger partial charge in [0, 0.05) is 7.11 Å². The highest BCUT2D eigenvalue weighted by Gasteiger charge is 2.37. The molecule has 12 heavy (non-hydrogen) atoms. The van der Waals surface area contributed by atoms with Crippen LogP contribution in [0.1, 0.15) is 19.8 Å². The summed E-state index contributed by atoms with van der Waals surface area (Å²) in [5, 5.41) is 0. The molecule has 1 rings (SSSR count). The molecule has 1 saturated heterocycles. The van der Waals surface area contributed by atoms with E-state index in [1.807, 2.05) is 18.7 Å². The van der Waals surface area contributed by atoms with Crippen LogP contribution in [0.3, 0.4) is 0 Å². The number of aldehydes is 1. The lowest BCUT2D eigenvalue weighted by Crippen LogP contribution is -2.39. The lowest BCUT2D eigenvalue weighted by atomic mass is 9.79. The standard InChI is InChI=1S/C9H16O2S/c1-8(11-2)9(7-10)3-5-12-6-4-9/h7-8H,3-6H2,1-2H3. The third-order valence-electron chi connectivity index (χ3n) is 2.82. The Labute approximate surface area is 78.1 Å². The number of ether oxygens (including phenoxy) is 1. The predicted molar refractivity (Wildman–Crippen MR) is 51.5 cm³/mol. The fourth-order valence-electron chi connectivity index (χ4n) is 1.61. The van der Waals surface area contributed by atoms with Crippen LogP contribution in [0.15, 0.2) is 0 Å². The molecule has 0 saturated carbocycles. The van der Waals surface area contributed by atoms with Crippen LogP contribution in [-0.4, -0.2) is 31.0 Å². The number of rotatable bonds is 3. The highest BCUT2D eigenvalue weighted by Crippen LogP contribution is 2.37. The fraction of sp³-hybridized carbons (Fsp3) is 0.889. The molecule has 1 aliphatic heterocycles. The lowest BCUT2D eigenvalue weighted by molar-refractivity contribution is -0.124.